The van der Waals surface area contributed by atoms with E-state index in [9.17, 15) is 4.79 Å². The molecule has 0 saturated carbocycles. The van der Waals surface area contributed by atoms with E-state index in [0.29, 0.717) is 12.5 Å². The number of pyridine rings is 1. The number of nitrogens with zero attached hydrogens (tertiary/aromatic N) is 1. The first kappa shape index (κ1) is 14.0. The van der Waals surface area contributed by atoms with Gasteiger partial charge in [-0.2, -0.15) is 0 Å². The van der Waals surface area contributed by atoms with Crippen LogP contribution in [0.5, 0.6) is 0 Å². The van der Waals surface area contributed by atoms with Crippen molar-refractivity contribution in [3.05, 3.63) is 30.1 Å². The Morgan fingerprint density at radius 2 is 2.26 bits per heavy atom. The summed E-state index contributed by atoms with van der Waals surface area (Å²) in [6, 6.07) is 3.96. The maximum atomic E-state index is 12.1. The van der Waals surface area contributed by atoms with Crippen LogP contribution in [0, 0.1) is 5.92 Å². The third kappa shape index (κ3) is 4.31. The average Bonchev–Trinajstić information content (AvgIpc) is 2.48. The molecule has 2 rings (SSSR count). The number of rotatable bonds is 5. The minimum absolute atomic E-state index is 0.00357. The van der Waals surface area contributed by atoms with E-state index in [1.54, 1.807) is 12.4 Å². The van der Waals surface area contributed by atoms with Crippen molar-refractivity contribution in [2.75, 3.05) is 13.1 Å². The highest BCUT2D eigenvalue weighted by molar-refractivity contribution is 5.81. The first-order valence-electron chi connectivity index (χ1n) is 7.19. The molecular formula is C15H23N3O. The van der Waals surface area contributed by atoms with E-state index in [1.165, 1.54) is 18.4 Å². The highest BCUT2D eigenvalue weighted by Crippen LogP contribution is 2.19. The van der Waals surface area contributed by atoms with Gasteiger partial charge in [-0.1, -0.05) is 13.3 Å². The fourth-order valence-electron chi connectivity index (χ4n) is 2.57. The Hall–Kier alpha value is -1.42. The van der Waals surface area contributed by atoms with Gasteiger partial charge in [0.25, 0.3) is 0 Å². The van der Waals surface area contributed by atoms with Gasteiger partial charge >= 0.3 is 0 Å². The van der Waals surface area contributed by atoms with Gasteiger partial charge in [0, 0.05) is 18.9 Å². The molecule has 1 aromatic rings. The second-order valence-electron chi connectivity index (χ2n) is 5.20. The fourth-order valence-corrected chi connectivity index (χ4v) is 2.57. The lowest BCUT2D eigenvalue weighted by Gasteiger charge is -2.28. The zero-order valence-electron chi connectivity index (χ0n) is 11.6. The third-order valence-electron chi connectivity index (χ3n) is 3.87. The van der Waals surface area contributed by atoms with Crippen molar-refractivity contribution >= 4 is 5.91 Å². The minimum Gasteiger partial charge on any atom is -0.354 e. The maximum absolute atomic E-state index is 12.1. The first-order valence-corrected chi connectivity index (χ1v) is 7.19. The molecule has 4 nitrogen and oxygen atoms in total. The number of hydrogen-bond acceptors (Lipinski definition) is 3. The molecule has 2 N–H and O–H groups in total. The van der Waals surface area contributed by atoms with E-state index >= 15 is 0 Å². The third-order valence-corrected chi connectivity index (χ3v) is 3.87. The van der Waals surface area contributed by atoms with Crippen LogP contribution in [0.2, 0.25) is 0 Å². The molecule has 2 atom stereocenters. The molecule has 0 radical (unpaired) electrons. The lowest BCUT2D eigenvalue weighted by Crippen LogP contribution is -2.49. The van der Waals surface area contributed by atoms with E-state index in [4.69, 9.17) is 0 Å². The van der Waals surface area contributed by atoms with Gasteiger partial charge in [0.05, 0.1) is 6.04 Å². The number of carbonyl (C=O) groups excluding carboxylic acids is 1. The molecule has 0 bridgehead atoms. The Morgan fingerprint density at radius 1 is 1.47 bits per heavy atom. The molecule has 1 aromatic heterocycles. The van der Waals surface area contributed by atoms with Crippen molar-refractivity contribution in [2.24, 2.45) is 5.92 Å². The van der Waals surface area contributed by atoms with E-state index < -0.39 is 0 Å². The van der Waals surface area contributed by atoms with E-state index in [0.717, 1.165) is 19.4 Å². The van der Waals surface area contributed by atoms with Gasteiger partial charge in [0.15, 0.2) is 0 Å². The lowest BCUT2D eigenvalue weighted by atomic mass is 9.90. The molecule has 1 saturated heterocycles. The predicted octanol–water partition coefficient (Wildman–Crippen LogP) is 1.52. The molecule has 2 unspecified atom stereocenters. The van der Waals surface area contributed by atoms with Gasteiger partial charge < -0.3 is 10.6 Å². The van der Waals surface area contributed by atoms with E-state index in [-0.39, 0.29) is 11.9 Å². The Bertz CT molecular complexity index is 394. The zero-order valence-corrected chi connectivity index (χ0v) is 11.6. The Morgan fingerprint density at radius 3 is 3.00 bits per heavy atom. The Balaban J connectivity index is 1.72. The topological polar surface area (TPSA) is 54.0 Å². The molecule has 1 aliphatic heterocycles. The molecule has 2 heterocycles. The van der Waals surface area contributed by atoms with Crippen LogP contribution in [-0.4, -0.2) is 30.0 Å². The molecule has 4 heteroatoms. The average molecular weight is 261 g/mol. The molecule has 19 heavy (non-hydrogen) atoms. The van der Waals surface area contributed by atoms with Crippen LogP contribution in [-0.2, 0) is 11.2 Å². The van der Waals surface area contributed by atoms with Crippen molar-refractivity contribution in [2.45, 2.75) is 38.6 Å². The largest absolute Gasteiger partial charge is 0.354 e. The molecule has 1 amide bonds. The van der Waals surface area contributed by atoms with Gasteiger partial charge in [0.1, 0.15) is 0 Å². The summed E-state index contributed by atoms with van der Waals surface area (Å²) in [5, 5.41) is 6.33. The summed E-state index contributed by atoms with van der Waals surface area (Å²) in [4.78, 5) is 16.0. The second kappa shape index (κ2) is 7.24. The van der Waals surface area contributed by atoms with E-state index in [2.05, 4.69) is 22.5 Å². The monoisotopic (exact) mass is 261 g/mol. The summed E-state index contributed by atoms with van der Waals surface area (Å²) in [6.07, 6.45) is 7.76. The minimum atomic E-state index is -0.00357. The van der Waals surface area contributed by atoms with Crippen molar-refractivity contribution in [1.29, 1.82) is 0 Å². The predicted molar refractivity (Wildman–Crippen MR) is 75.8 cm³/mol. The Kier molecular flexibility index (Phi) is 5.33. The molecule has 1 fully saturated rings. The van der Waals surface area contributed by atoms with Gasteiger partial charge in [-0.3, -0.25) is 9.78 Å². The second-order valence-corrected chi connectivity index (χ2v) is 5.20. The van der Waals surface area contributed by atoms with E-state index in [1.807, 2.05) is 12.1 Å². The number of aromatic nitrogens is 1. The standard InChI is InChI=1S/C15H23N3O/c1-2-12-5-9-17-14(11-12)15(19)18-10-6-13-3-7-16-8-4-13/h3-4,7-8,12,14,17H,2,5-6,9-11H2,1H3,(H,18,19). The quantitative estimate of drug-likeness (QED) is 0.845. The van der Waals surface area contributed by atoms with Crippen LogP contribution in [0.1, 0.15) is 31.7 Å². The van der Waals surface area contributed by atoms with Crippen LogP contribution in [0.3, 0.4) is 0 Å². The van der Waals surface area contributed by atoms with Crippen LogP contribution in [0.25, 0.3) is 0 Å². The number of carbonyl (C=O) groups is 1. The van der Waals surface area contributed by atoms with Gasteiger partial charge in [0.2, 0.25) is 5.91 Å². The summed E-state index contributed by atoms with van der Waals surface area (Å²) in [5.74, 6) is 0.837. The highest BCUT2D eigenvalue weighted by atomic mass is 16.2. The summed E-state index contributed by atoms with van der Waals surface area (Å²) < 4.78 is 0. The van der Waals surface area contributed by atoms with Crippen molar-refractivity contribution in [3.63, 3.8) is 0 Å². The van der Waals surface area contributed by atoms with Gasteiger partial charge in [-0.15, -0.1) is 0 Å². The van der Waals surface area contributed by atoms with Gasteiger partial charge in [-0.05, 0) is 49.4 Å². The molecule has 104 valence electrons. The SMILES string of the molecule is CCC1CCNC(C(=O)NCCc2ccncc2)C1. The van der Waals surface area contributed by atoms with Gasteiger partial charge in [-0.25, -0.2) is 0 Å². The summed E-state index contributed by atoms with van der Waals surface area (Å²) in [6.45, 7) is 3.85. The molecule has 0 aromatic carbocycles. The summed E-state index contributed by atoms with van der Waals surface area (Å²) >= 11 is 0. The van der Waals surface area contributed by atoms with Crippen molar-refractivity contribution in [1.82, 2.24) is 15.6 Å². The highest BCUT2D eigenvalue weighted by Gasteiger charge is 2.25. The molecular weight excluding hydrogens is 238 g/mol. The van der Waals surface area contributed by atoms with Crippen molar-refractivity contribution < 1.29 is 4.79 Å². The van der Waals surface area contributed by atoms with Crippen LogP contribution < -0.4 is 10.6 Å². The summed E-state index contributed by atoms with van der Waals surface area (Å²) in [7, 11) is 0. The summed E-state index contributed by atoms with van der Waals surface area (Å²) in [5.41, 5.74) is 1.21. The van der Waals surface area contributed by atoms with Crippen LogP contribution >= 0.6 is 0 Å². The molecule has 1 aliphatic rings. The zero-order chi connectivity index (χ0) is 13.5. The van der Waals surface area contributed by atoms with Crippen LogP contribution in [0.15, 0.2) is 24.5 Å². The maximum Gasteiger partial charge on any atom is 0.237 e. The molecule has 0 spiro atoms. The smallest absolute Gasteiger partial charge is 0.237 e. The number of amides is 1. The van der Waals surface area contributed by atoms with Crippen molar-refractivity contribution in [3.8, 4) is 0 Å². The lowest BCUT2D eigenvalue weighted by molar-refractivity contribution is -0.124. The molecule has 0 aliphatic carbocycles. The fraction of sp³-hybridized carbons (Fsp3) is 0.600. The number of hydrogen-bond donors (Lipinski definition) is 2. The number of piperidine rings is 1. The Labute approximate surface area is 115 Å². The van der Waals surface area contributed by atoms with Crippen LogP contribution in [0.4, 0.5) is 0 Å². The number of nitrogens with one attached hydrogen (secondary N) is 2. The normalized spacial score (nSPS) is 23.0. The first-order chi connectivity index (χ1) is 9.29.